The van der Waals surface area contributed by atoms with E-state index in [1.54, 1.807) is 20.8 Å². The van der Waals surface area contributed by atoms with Gasteiger partial charge in [-0.2, -0.15) is 0 Å². The smallest absolute Gasteiger partial charge is 0.187 e. The van der Waals surface area contributed by atoms with E-state index in [9.17, 15) is 40.9 Å². The normalized spacial score (nSPS) is 47.0. The third-order valence-corrected chi connectivity index (χ3v) is 6.43. The fraction of sp³-hybridized carbons (Fsp3) is 0.955. The van der Waals surface area contributed by atoms with Crippen LogP contribution in [0.25, 0.3) is 0 Å². The van der Waals surface area contributed by atoms with Crippen LogP contribution in [0.1, 0.15) is 27.2 Å². The van der Waals surface area contributed by atoms with Gasteiger partial charge in [0, 0.05) is 26.7 Å². The number of aliphatic hydroxyl groups is 8. The Bertz CT molecular complexity index is 671. The first-order valence-corrected chi connectivity index (χ1v) is 12.1. The molecule has 3 aliphatic rings. The maximum Gasteiger partial charge on any atom is 0.187 e. The van der Waals surface area contributed by atoms with Crippen LogP contribution in [-0.4, -0.2) is 146 Å². The molecule has 0 spiro atoms. The Morgan fingerprint density at radius 3 is 1.73 bits per heavy atom. The minimum atomic E-state index is -1.76. The van der Waals surface area contributed by atoms with Crippen LogP contribution in [0.5, 0.6) is 0 Å². The molecule has 14 atom stereocenters. The molecule has 0 aliphatic carbocycles. The Morgan fingerprint density at radius 2 is 1.22 bits per heavy atom. The van der Waals surface area contributed by atoms with E-state index in [-0.39, 0.29) is 26.5 Å². The number of ether oxygens (including phenoxy) is 6. The average Bonchev–Trinajstić information content (AvgIpc) is 2.84. The second-order valence-electron chi connectivity index (χ2n) is 9.42. The van der Waals surface area contributed by atoms with Crippen molar-refractivity contribution in [2.45, 2.75) is 119 Å². The number of hydrogen-bond acceptors (Lipinski definition) is 14. The first-order valence-electron chi connectivity index (χ1n) is 12.1. The molecule has 0 aromatic heterocycles. The molecule has 3 rings (SSSR count). The minimum absolute atomic E-state index is 0. The summed E-state index contributed by atoms with van der Waals surface area (Å²) in [6.07, 6.45) is -17.8. The Hall–Kier alpha value is 0.102. The van der Waals surface area contributed by atoms with Crippen LogP contribution in [0, 0.1) is 6.42 Å². The first-order chi connectivity index (χ1) is 17.0. The summed E-state index contributed by atoms with van der Waals surface area (Å²) >= 11 is 0. The molecule has 3 heterocycles. The molecular weight excluding hydrogens is 674 g/mol. The summed E-state index contributed by atoms with van der Waals surface area (Å²) in [5.41, 5.74) is 0. The average molecular weight is 714 g/mol. The Balaban J connectivity index is 0.00000481. The van der Waals surface area contributed by atoms with Crippen LogP contribution in [0.2, 0.25) is 0 Å². The van der Waals surface area contributed by atoms with E-state index in [1.165, 1.54) is 6.42 Å². The van der Waals surface area contributed by atoms with Gasteiger partial charge in [0.2, 0.25) is 0 Å². The first kappa shape index (κ1) is 33.3. The van der Waals surface area contributed by atoms with Gasteiger partial charge in [-0.05, 0) is 26.4 Å². The molecule has 3 saturated heterocycles. The summed E-state index contributed by atoms with van der Waals surface area (Å²) in [4.78, 5) is 0. The zero-order valence-electron chi connectivity index (χ0n) is 20.8. The molecule has 14 nitrogen and oxygen atoms in total. The van der Waals surface area contributed by atoms with Gasteiger partial charge in [0.05, 0.1) is 31.5 Å². The number of rotatable bonds is 9. The quantitative estimate of drug-likeness (QED) is 0.107. The van der Waals surface area contributed by atoms with Crippen LogP contribution >= 0.6 is 0 Å². The topological polar surface area (TPSA) is 217 Å². The van der Waals surface area contributed by atoms with Crippen LogP contribution in [-0.2, 0) is 48.8 Å². The molecule has 0 saturated carbocycles. The fourth-order valence-corrected chi connectivity index (χ4v) is 4.45. The standard InChI is InChI=1S/C22H39O14.Re/c1-4-10-14(26)9(25)5-13(32-10)35-19-11(6-23)34-22(18(30)15(19)27)36-20-12(7-24)33-21(31-8(2)3)17(29)16(20)28;/h5,8-30H,4,6-7H2,1-3H3;/q-1;/t9-,10-,11-,12-,13+,14-,15-,16-,17-,18-,19-,20-,21-,22+;/m1./s1. The van der Waals surface area contributed by atoms with E-state index >= 15 is 0 Å². The van der Waals surface area contributed by atoms with Gasteiger partial charge in [0.1, 0.15) is 48.8 Å². The molecule has 0 aromatic carbocycles. The van der Waals surface area contributed by atoms with Crippen molar-refractivity contribution in [1.82, 2.24) is 0 Å². The van der Waals surface area contributed by atoms with E-state index in [0.717, 1.165) is 0 Å². The van der Waals surface area contributed by atoms with E-state index in [1.807, 2.05) is 0 Å². The third kappa shape index (κ3) is 7.65. The van der Waals surface area contributed by atoms with E-state index < -0.39 is 99.2 Å². The predicted molar refractivity (Wildman–Crippen MR) is 117 cm³/mol. The monoisotopic (exact) mass is 714 g/mol. The molecular formula is C22H39O14Re-. The molecule has 0 bridgehead atoms. The van der Waals surface area contributed by atoms with Gasteiger partial charge < -0.3 is 69.3 Å². The van der Waals surface area contributed by atoms with Gasteiger partial charge in [0.15, 0.2) is 12.6 Å². The maximum atomic E-state index is 10.8. The molecule has 37 heavy (non-hydrogen) atoms. The van der Waals surface area contributed by atoms with Crippen molar-refractivity contribution in [3.05, 3.63) is 6.42 Å². The summed E-state index contributed by atoms with van der Waals surface area (Å²) in [6, 6.07) is 0. The van der Waals surface area contributed by atoms with Crippen LogP contribution in [0.3, 0.4) is 0 Å². The Morgan fingerprint density at radius 1 is 0.703 bits per heavy atom. The second kappa shape index (κ2) is 14.7. The van der Waals surface area contributed by atoms with Gasteiger partial charge in [0.25, 0.3) is 0 Å². The van der Waals surface area contributed by atoms with Gasteiger partial charge in [-0.1, -0.05) is 6.92 Å². The largest absolute Gasteiger partial charge is 0.422 e. The zero-order chi connectivity index (χ0) is 26.7. The molecule has 15 heteroatoms. The number of hydrogen-bond donors (Lipinski definition) is 8. The summed E-state index contributed by atoms with van der Waals surface area (Å²) in [7, 11) is 0. The zero-order valence-corrected chi connectivity index (χ0v) is 23.5. The van der Waals surface area contributed by atoms with E-state index in [2.05, 4.69) is 0 Å². The fourth-order valence-electron chi connectivity index (χ4n) is 4.45. The van der Waals surface area contributed by atoms with Crippen LogP contribution in [0.4, 0.5) is 0 Å². The number of aliphatic hydroxyl groups excluding tert-OH is 8. The van der Waals surface area contributed by atoms with Gasteiger partial charge in [-0.3, -0.25) is 0 Å². The Kier molecular flexibility index (Phi) is 13.2. The van der Waals surface area contributed by atoms with Crippen molar-refractivity contribution in [2.75, 3.05) is 13.2 Å². The molecule has 3 aliphatic heterocycles. The van der Waals surface area contributed by atoms with Crippen molar-refractivity contribution < 1.29 is 89.7 Å². The van der Waals surface area contributed by atoms with Crippen molar-refractivity contribution in [3.63, 3.8) is 0 Å². The summed E-state index contributed by atoms with van der Waals surface area (Å²) in [5, 5.41) is 82.1. The summed E-state index contributed by atoms with van der Waals surface area (Å²) in [6.45, 7) is 3.82. The molecule has 219 valence electrons. The molecule has 0 aromatic rings. The van der Waals surface area contributed by atoms with Crippen molar-refractivity contribution in [1.29, 1.82) is 0 Å². The third-order valence-electron chi connectivity index (χ3n) is 6.43. The molecule has 0 unspecified atom stereocenters. The molecule has 8 N–H and O–H groups in total. The van der Waals surface area contributed by atoms with Gasteiger partial charge >= 0.3 is 0 Å². The van der Waals surface area contributed by atoms with Gasteiger partial charge in [-0.25, -0.2) is 6.42 Å². The van der Waals surface area contributed by atoms with Crippen molar-refractivity contribution in [2.24, 2.45) is 0 Å². The van der Waals surface area contributed by atoms with Crippen molar-refractivity contribution >= 4 is 0 Å². The summed E-state index contributed by atoms with van der Waals surface area (Å²) in [5.74, 6) is 0. The van der Waals surface area contributed by atoms with Crippen molar-refractivity contribution in [3.8, 4) is 0 Å². The van der Waals surface area contributed by atoms with Crippen LogP contribution in [0.15, 0.2) is 0 Å². The summed E-state index contributed by atoms with van der Waals surface area (Å²) < 4.78 is 33.4. The molecule has 3 fully saturated rings. The molecule has 1 radical (unpaired) electrons. The SMILES string of the molecule is CC[C@H]1O[C@@H](O[C@H]2[C@H](O)[C@@H](O)[C@H](O[C@H]3[C@H](O)[C@@H](O)[C@H](OC(C)C)O[C@@H]3CO)O[C@@H]2CO)[CH-][C@@H](O)[C@H]1O.[Re]. The molecule has 0 amide bonds. The van der Waals surface area contributed by atoms with Crippen LogP contribution < -0.4 is 0 Å². The predicted octanol–water partition coefficient (Wildman–Crippen LogP) is -3.88. The Labute approximate surface area is 228 Å². The minimum Gasteiger partial charge on any atom is -0.422 e. The van der Waals surface area contributed by atoms with E-state index in [4.69, 9.17) is 28.4 Å². The van der Waals surface area contributed by atoms with Gasteiger partial charge in [-0.15, -0.1) is 0 Å². The maximum absolute atomic E-state index is 10.8. The second-order valence-corrected chi connectivity index (χ2v) is 9.42. The van der Waals surface area contributed by atoms with E-state index in [0.29, 0.717) is 6.42 Å².